The first kappa shape index (κ1) is 16.1. The Bertz CT molecular complexity index is 282. The molecule has 0 aliphatic carbocycles. The van der Waals surface area contributed by atoms with E-state index in [0.29, 0.717) is 0 Å². The van der Waals surface area contributed by atoms with Crippen molar-refractivity contribution in [2.24, 2.45) is 11.3 Å². The fourth-order valence-corrected chi connectivity index (χ4v) is 2.57. The van der Waals surface area contributed by atoms with Crippen LogP contribution < -0.4 is 0 Å². The second-order valence-electron chi connectivity index (χ2n) is 5.51. The Balaban J connectivity index is 5.07. The predicted octanol–water partition coefficient (Wildman–Crippen LogP) is 1.58. The van der Waals surface area contributed by atoms with Crippen molar-refractivity contribution in [1.82, 2.24) is 0 Å². The Labute approximate surface area is 104 Å². The molecule has 1 unspecified atom stereocenters. The lowest BCUT2D eigenvalue weighted by molar-refractivity contribution is -0.153. The Morgan fingerprint density at radius 3 is 1.94 bits per heavy atom. The van der Waals surface area contributed by atoms with Gasteiger partial charge < -0.3 is 14.6 Å². The zero-order valence-corrected chi connectivity index (χ0v) is 12.2. The van der Waals surface area contributed by atoms with Crippen LogP contribution in [-0.4, -0.2) is 37.3 Å². The molecule has 100 valence electrons. The molecule has 2 N–H and O–H groups in total. The summed E-state index contributed by atoms with van der Waals surface area (Å²) >= 11 is 0. The molecule has 6 heteroatoms. The Morgan fingerprint density at radius 2 is 1.71 bits per heavy atom. The third-order valence-corrected chi connectivity index (χ3v) is 3.37. The van der Waals surface area contributed by atoms with Crippen LogP contribution in [0.2, 0.25) is 13.1 Å². The van der Waals surface area contributed by atoms with Crippen LogP contribution in [-0.2, 0) is 14.0 Å². The van der Waals surface area contributed by atoms with Crippen LogP contribution in [0.5, 0.6) is 0 Å². The first-order valence-corrected chi connectivity index (χ1v) is 8.43. The molecule has 5 nitrogen and oxygen atoms in total. The van der Waals surface area contributed by atoms with Gasteiger partial charge in [0, 0.05) is 5.92 Å². The van der Waals surface area contributed by atoms with E-state index < -0.39 is 38.4 Å². The quantitative estimate of drug-likeness (QED) is 0.710. The zero-order valence-electron chi connectivity index (χ0n) is 11.1. The van der Waals surface area contributed by atoms with E-state index in [2.05, 4.69) is 0 Å². The van der Waals surface area contributed by atoms with Gasteiger partial charge in [-0.3, -0.25) is 4.79 Å². The molecule has 0 aromatic carbocycles. The summed E-state index contributed by atoms with van der Waals surface area (Å²) < 4.78 is 5.48. The number of hydrogen-bond donors (Lipinski definition) is 2. The van der Waals surface area contributed by atoms with Gasteiger partial charge in [0.2, 0.25) is 0 Å². The summed E-state index contributed by atoms with van der Waals surface area (Å²) in [6, 6.07) is 0. The fourth-order valence-electron chi connectivity index (χ4n) is 1.67. The smallest absolute Gasteiger partial charge is 0.331 e. The molecule has 0 saturated carbocycles. The van der Waals surface area contributed by atoms with E-state index >= 15 is 0 Å². The summed E-state index contributed by atoms with van der Waals surface area (Å²) in [6.07, 6.45) is -1.22. The highest BCUT2D eigenvalue weighted by Crippen LogP contribution is 2.33. The normalized spacial score (nSPS) is 15.6. The second kappa shape index (κ2) is 6.16. The molecule has 0 fully saturated rings. The van der Waals surface area contributed by atoms with Gasteiger partial charge in [0.05, 0.1) is 6.42 Å². The minimum Gasteiger partial charge on any atom is -0.481 e. The van der Waals surface area contributed by atoms with Gasteiger partial charge >= 0.3 is 11.9 Å². The molecule has 0 saturated heterocycles. The average Bonchev–Trinajstić information content (AvgIpc) is 2.07. The number of carboxylic acid groups (broad SMARTS) is 2. The Kier molecular flexibility index (Phi) is 5.84. The summed E-state index contributed by atoms with van der Waals surface area (Å²) in [5.74, 6) is -2.61. The van der Waals surface area contributed by atoms with Gasteiger partial charge in [-0.25, -0.2) is 4.79 Å². The number of aliphatic carboxylic acids is 2. The largest absolute Gasteiger partial charge is 0.481 e. The molecule has 0 bridgehead atoms. The third kappa shape index (κ3) is 5.83. The van der Waals surface area contributed by atoms with Crippen molar-refractivity contribution >= 4 is 21.0 Å². The highest BCUT2D eigenvalue weighted by molar-refractivity contribution is 6.48. The molecule has 0 heterocycles. The summed E-state index contributed by atoms with van der Waals surface area (Å²) in [5.41, 5.74) is -0.426. The molecular weight excluding hydrogens is 240 g/mol. The molecule has 0 aliphatic heterocycles. The minimum atomic E-state index is -1.53. The van der Waals surface area contributed by atoms with Crippen LogP contribution in [0.1, 0.15) is 27.2 Å². The van der Waals surface area contributed by atoms with Gasteiger partial charge in [-0.15, -0.1) is 0 Å². The molecule has 0 rings (SSSR count). The summed E-state index contributed by atoms with van der Waals surface area (Å²) in [4.78, 5) is 22.0. The molecule has 0 spiro atoms. The first-order valence-electron chi connectivity index (χ1n) is 5.65. The van der Waals surface area contributed by atoms with Gasteiger partial charge in [-0.05, 0) is 18.5 Å². The number of carboxylic acids is 2. The van der Waals surface area contributed by atoms with Crippen LogP contribution in [0, 0.1) is 11.3 Å². The second-order valence-corrected chi connectivity index (χ2v) is 7.88. The molecule has 2 atom stereocenters. The lowest BCUT2D eigenvalue weighted by atomic mass is 9.75. The molecule has 0 aromatic rings. The van der Waals surface area contributed by atoms with E-state index in [4.69, 9.17) is 9.53 Å². The van der Waals surface area contributed by atoms with E-state index in [9.17, 15) is 14.7 Å². The van der Waals surface area contributed by atoms with E-state index in [1.54, 1.807) is 0 Å². The third-order valence-electron chi connectivity index (χ3n) is 2.53. The van der Waals surface area contributed by atoms with Crippen LogP contribution >= 0.6 is 0 Å². The van der Waals surface area contributed by atoms with Crippen LogP contribution in [0.3, 0.4) is 0 Å². The lowest BCUT2D eigenvalue weighted by Crippen LogP contribution is -2.43. The van der Waals surface area contributed by atoms with Crippen molar-refractivity contribution in [3.8, 4) is 0 Å². The summed E-state index contributed by atoms with van der Waals surface area (Å²) in [6.45, 7) is 9.25. The number of carbonyl (C=O) groups is 2. The zero-order chi connectivity index (χ0) is 13.8. The topological polar surface area (TPSA) is 83.8 Å². The van der Waals surface area contributed by atoms with Gasteiger partial charge in [-0.1, -0.05) is 20.8 Å². The lowest BCUT2D eigenvalue weighted by Gasteiger charge is -2.34. The van der Waals surface area contributed by atoms with Gasteiger partial charge in [0.15, 0.2) is 9.04 Å². The van der Waals surface area contributed by atoms with E-state index in [1.807, 2.05) is 33.9 Å². The summed E-state index contributed by atoms with van der Waals surface area (Å²) in [5, 5.41) is 18.0. The maximum absolute atomic E-state index is 11.2. The average molecular weight is 262 g/mol. The Morgan fingerprint density at radius 1 is 1.24 bits per heavy atom. The maximum atomic E-state index is 11.2. The number of rotatable bonds is 6. The fraction of sp³-hybridized carbons (Fsp3) is 0.818. The van der Waals surface area contributed by atoms with E-state index in [0.717, 1.165) is 0 Å². The molecule has 0 aromatic heterocycles. The van der Waals surface area contributed by atoms with E-state index in [1.165, 1.54) is 0 Å². The molecular formula is C11H22O5Si. The summed E-state index contributed by atoms with van der Waals surface area (Å²) in [7, 11) is -1.53. The van der Waals surface area contributed by atoms with Crippen LogP contribution in [0.25, 0.3) is 0 Å². The predicted molar refractivity (Wildman–Crippen MR) is 66.6 cm³/mol. The van der Waals surface area contributed by atoms with Crippen molar-refractivity contribution in [3.63, 3.8) is 0 Å². The number of hydrogen-bond acceptors (Lipinski definition) is 3. The van der Waals surface area contributed by atoms with Gasteiger partial charge in [0.25, 0.3) is 0 Å². The van der Waals surface area contributed by atoms with Crippen molar-refractivity contribution in [1.29, 1.82) is 0 Å². The van der Waals surface area contributed by atoms with Gasteiger partial charge in [0.1, 0.15) is 6.10 Å². The molecule has 0 aliphatic rings. The minimum absolute atomic E-state index is 0.193. The monoisotopic (exact) mass is 262 g/mol. The molecule has 17 heavy (non-hydrogen) atoms. The molecule has 0 amide bonds. The standard InChI is InChI=1S/C11H22O5Si/c1-11(2,3)7(6-8(12)13)9(10(14)15)16-17(4)5/h7,9,17H,6H2,1-5H3,(H,12,13)(H,14,15)/t7-,9?/m0/s1. The van der Waals surface area contributed by atoms with E-state index in [-0.39, 0.29) is 6.42 Å². The van der Waals surface area contributed by atoms with Crippen LogP contribution in [0.4, 0.5) is 0 Å². The highest BCUT2D eigenvalue weighted by atomic mass is 28.3. The highest BCUT2D eigenvalue weighted by Gasteiger charge is 2.39. The first-order chi connectivity index (χ1) is 7.55. The van der Waals surface area contributed by atoms with Crippen molar-refractivity contribution in [2.75, 3.05) is 0 Å². The maximum Gasteiger partial charge on any atom is 0.331 e. The van der Waals surface area contributed by atoms with Gasteiger partial charge in [-0.2, -0.15) is 0 Å². The van der Waals surface area contributed by atoms with Crippen LogP contribution in [0.15, 0.2) is 0 Å². The molecule has 0 radical (unpaired) electrons. The van der Waals surface area contributed by atoms with Crippen molar-refractivity contribution in [2.45, 2.75) is 46.4 Å². The van der Waals surface area contributed by atoms with Crippen molar-refractivity contribution in [3.05, 3.63) is 0 Å². The van der Waals surface area contributed by atoms with Crippen molar-refractivity contribution < 1.29 is 24.2 Å². The SMILES string of the molecule is C[SiH](C)OC(C(=O)O)[C@H](CC(=O)O)C(C)(C)C. The Hall–Kier alpha value is -0.883.